The Hall–Kier alpha value is -1.49. The van der Waals surface area contributed by atoms with Crippen molar-refractivity contribution in [2.24, 2.45) is 28.6 Å². The van der Waals surface area contributed by atoms with Crippen molar-refractivity contribution >= 4 is 17.5 Å². The van der Waals surface area contributed by atoms with Crippen LogP contribution in [0.4, 0.5) is 0 Å². The van der Waals surface area contributed by atoms with Gasteiger partial charge in [0, 0.05) is 24.8 Å². The van der Waals surface area contributed by atoms with E-state index in [4.69, 9.17) is 9.47 Å². The maximum Gasteiger partial charge on any atom is 0.303 e. The summed E-state index contributed by atoms with van der Waals surface area (Å²) in [6.07, 6.45) is 2.16. The van der Waals surface area contributed by atoms with Crippen LogP contribution in [0.1, 0.15) is 60.3 Å². The molecule has 148 valence electrons. The lowest BCUT2D eigenvalue weighted by Gasteiger charge is -2.39. The summed E-state index contributed by atoms with van der Waals surface area (Å²) in [5, 5.41) is 0. The van der Waals surface area contributed by atoms with Crippen LogP contribution in [0.15, 0.2) is 11.1 Å². The first-order valence-electron chi connectivity index (χ1n) is 10.2. The zero-order chi connectivity index (χ0) is 19.7. The van der Waals surface area contributed by atoms with Crippen LogP contribution in [-0.2, 0) is 23.9 Å². The van der Waals surface area contributed by atoms with Gasteiger partial charge in [0.2, 0.25) is 0 Å². The number of rotatable bonds is 2. The Balaban J connectivity index is 1.85. The Morgan fingerprint density at radius 3 is 2.52 bits per heavy atom. The second kappa shape index (κ2) is 6.00. The molecule has 5 heteroatoms. The fourth-order valence-corrected chi connectivity index (χ4v) is 6.66. The number of fused-ring (bicyclic) bond motifs is 2. The van der Waals surface area contributed by atoms with Gasteiger partial charge in [-0.3, -0.25) is 14.4 Å². The van der Waals surface area contributed by atoms with E-state index >= 15 is 0 Å². The number of ketones is 2. The third kappa shape index (κ3) is 2.50. The molecule has 3 aliphatic carbocycles. The second-order valence-electron chi connectivity index (χ2n) is 9.79. The summed E-state index contributed by atoms with van der Waals surface area (Å²) in [4.78, 5) is 37.7. The van der Waals surface area contributed by atoms with Crippen molar-refractivity contribution in [3.05, 3.63) is 11.1 Å². The highest BCUT2D eigenvalue weighted by Crippen LogP contribution is 2.63. The SMILES string of the molecule is CC(=O)OC1C(=O)C2C3OCC4=C3C(C)(CCC4=O)CCC2(C)C1C(C)C. The van der Waals surface area contributed by atoms with E-state index < -0.39 is 12.1 Å². The zero-order valence-corrected chi connectivity index (χ0v) is 17.0. The lowest BCUT2D eigenvalue weighted by Crippen LogP contribution is -2.40. The highest BCUT2D eigenvalue weighted by Gasteiger charge is 2.66. The van der Waals surface area contributed by atoms with Gasteiger partial charge in [-0.15, -0.1) is 0 Å². The lowest BCUT2D eigenvalue weighted by atomic mass is 9.66. The van der Waals surface area contributed by atoms with Crippen molar-refractivity contribution in [3.8, 4) is 0 Å². The Morgan fingerprint density at radius 1 is 1.19 bits per heavy atom. The average Bonchev–Trinajstić information content (AvgIpc) is 3.06. The first-order valence-corrected chi connectivity index (χ1v) is 10.2. The molecule has 0 radical (unpaired) electrons. The molecule has 0 amide bonds. The first kappa shape index (κ1) is 18.9. The van der Waals surface area contributed by atoms with Crippen LogP contribution in [0.5, 0.6) is 0 Å². The van der Waals surface area contributed by atoms with E-state index in [1.807, 2.05) is 0 Å². The Kier molecular flexibility index (Phi) is 4.19. The van der Waals surface area contributed by atoms with Crippen molar-refractivity contribution in [1.82, 2.24) is 0 Å². The van der Waals surface area contributed by atoms with Gasteiger partial charge in [0.05, 0.1) is 18.6 Å². The van der Waals surface area contributed by atoms with Crippen molar-refractivity contribution in [2.45, 2.75) is 72.5 Å². The highest BCUT2D eigenvalue weighted by molar-refractivity contribution is 5.99. The topological polar surface area (TPSA) is 69.7 Å². The van der Waals surface area contributed by atoms with E-state index in [0.29, 0.717) is 13.0 Å². The average molecular weight is 374 g/mol. The monoisotopic (exact) mass is 374 g/mol. The molecule has 6 unspecified atom stereocenters. The molecule has 1 heterocycles. The molecule has 0 aromatic carbocycles. The molecular weight excluding hydrogens is 344 g/mol. The minimum absolute atomic E-state index is 0.0209. The van der Waals surface area contributed by atoms with E-state index in [1.54, 1.807) is 0 Å². The Bertz CT molecular complexity index is 750. The molecule has 0 N–H and O–H groups in total. The van der Waals surface area contributed by atoms with Gasteiger partial charge >= 0.3 is 5.97 Å². The van der Waals surface area contributed by atoms with Gasteiger partial charge in [-0.1, -0.05) is 27.7 Å². The van der Waals surface area contributed by atoms with E-state index in [1.165, 1.54) is 6.92 Å². The standard InChI is InChI=1S/C22H30O5/c1-11(2)15-20(27-12(3)23)18(25)17-19-16-13(10-26-19)14(24)6-7-21(16,4)8-9-22(15,17)5/h11,15,17,19-20H,6-10H2,1-5H3. The molecule has 27 heavy (non-hydrogen) atoms. The zero-order valence-electron chi connectivity index (χ0n) is 17.0. The number of carbonyl (C=O) groups excluding carboxylic acids is 3. The summed E-state index contributed by atoms with van der Waals surface area (Å²) in [6, 6.07) is 0. The maximum absolute atomic E-state index is 13.5. The summed E-state index contributed by atoms with van der Waals surface area (Å²) in [7, 11) is 0. The second-order valence-corrected chi connectivity index (χ2v) is 9.79. The van der Waals surface area contributed by atoms with Gasteiger partial charge in [-0.05, 0) is 41.6 Å². The van der Waals surface area contributed by atoms with Crippen LogP contribution in [0, 0.1) is 28.6 Å². The van der Waals surface area contributed by atoms with Gasteiger partial charge in [0.15, 0.2) is 17.7 Å². The molecule has 6 atom stereocenters. The number of hydrogen-bond acceptors (Lipinski definition) is 5. The summed E-state index contributed by atoms with van der Waals surface area (Å²) < 4.78 is 11.7. The molecule has 1 aliphatic heterocycles. The third-order valence-electron chi connectivity index (χ3n) is 7.82. The van der Waals surface area contributed by atoms with Crippen LogP contribution in [0.3, 0.4) is 0 Å². The van der Waals surface area contributed by atoms with E-state index in [9.17, 15) is 14.4 Å². The normalized spacial score (nSPS) is 43.6. The van der Waals surface area contributed by atoms with E-state index in [2.05, 4.69) is 27.7 Å². The maximum atomic E-state index is 13.5. The predicted octanol–water partition coefficient (Wildman–Crippen LogP) is 3.25. The van der Waals surface area contributed by atoms with Crippen molar-refractivity contribution < 1.29 is 23.9 Å². The molecule has 4 aliphatic rings. The van der Waals surface area contributed by atoms with Crippen LogP contribution in [0.2, 0.25) is 0 Å². The highest BCUT2D eigenvalue weighted by atomic mass is 16.5. The number of carbonyl (C=O) groups is 3. The van der Waals surface area contributed by atoms with E-state index in [-0.39, 0.29) is 46.3 Å². The smallest absolute Gasteiger partial charge is 0.303 e. The molecule has 0 spiro atoms. The van der Waals surface area contributed by atoms with Crippen LogP contribution in [-0.4, -0.2) is 36.4 Å². The summed E-state index contributed by atoms with van der Waals surface area (Å²) in [5.74, 6) is -0.439. The largest absolute Gasteiger partial charge is 0.454 e. The summed E-state index contributed by atoms with van der Waals surface area (Å²) in [5.41, 5.74) is 1.51. The number of Topliss-reactive ketones (excluding diaryl/α,β-unsaturated/α-hetero) is 2. The Morgan fingerprint density at radius 2 is 1.89 bits per heavy atom. The van der Waals surface area contributed by atoms with E-state index in [0.717, 1.165) is 30.4 Å². The molecule has 0 saturated heterocycles. The molecule has 0 aromatic heterocycles. The molecule has 0 bridgehead atoms. The van der Waals surface area contributed by atoms with Crippen LogP contribution < -0.4 is 0 Å². The molecule has 5 nitrogen and oxygen atoms in total. The fourth-order valence-electron chi connectivity index (χ4n) is 6.66. The summed E-state index contributed by atoms with van der Waals surface area (Å²) >= 11 is 0. The third-order valence-corrected chi connectivity index (χ3v) is 7.82. The number of ether oxygens (including phenoxy) is 2. The van der Waals surface area contributed by atoms with Crippen molar-refractivity contribution in [2.75, 3.05) is 6.61 Å². The Labute approximate surface area is 160 Å². The lowest BCUT2D eigenvalue weighted by molar-refractivity contribution is -0.155. The number of hydrogen-bond donors (Lipinski definition) is 0. The molecule has 2 fully saturated rings. The molecular formula is C22H30O5. The number of esters is 1. The van der Waals surface area contributed by atoms with Gasteiger partial charge < -0.3 is 9.47 Å². The molecule has 0 aromatic rings. The van der Waals surface area contributed by atoms with Crippen molar-refractivity contribution in [1.29, 1.82) is 0 Å². The first-order chi connectivity index (χ1) is 12.6. The van der Waals surface area contributed by atoms with Crippen molar-refractivity contribution in [3.63, 3.8) is 0 Å². The quantitative estimate of drug-likeness (QED) is 0.694. The molecule has 2 saturated carbocycles. The van der Waals surface area contributed by atoms with Gasteiger partial charge in [-0.2, -0.15) is 0 Å². The van der Waals surface area contributed by atoms with Crippen LogP contribution in [0.25, 0.3) is 0 Å². The van der Waals surface area contributed by atoms with Gasteiger partial charge in [-0.25, -0.2) is 0 Å². The van der Waals surface area contributed by atoms with Crippen LogP contribution >= 0.6 is 0 Å². The fraction of sp³-hybridized carbons (Fsp3) is 0.773. The predicted molar refractivity (Wildman–Crippen MR) is 98.8 cm³/mol. The minimum Gasteiger partial charge on any atom is -0.454 e. The summed E-state index contributed by atoms with van der Waals surface area (Å²) in [6.45, 7) is 10.3. The van der Waals surface area contributed by atoms with Gasteiger partial charge in [0.25, 0.3) is 0 Å². The minimum atomic E-state index is -0.714. The molecule has 4 rings (SSSR count). The van der Waals surface area contributed by atoms with Gasteiger partial charge in [0.1, 0.15) is 0 Å².